The summed E-state index contributed by atoms with van der Waals surface area (Å²) in [6, 6.07) is 10.1. The van der Waals surface area contributed by atoms with Crippen LogP contribution in [0.4, 0.5) is 11.5 Å². The summed E-state index contributed by atoms with van der Waals surface area (Å²) in [6.07, 6.45) is 7.47. The van der Waals surface area contributed by atoms with Gasteiger partial charge in [-0.2, -0.15) is 5.10 Å². The Morgan fingerprint density at radius 1 is 1.21 bits per heavy atom. The predicted molar refractivity (Wildman–Crippen MR) is 107 cm³/mol. The highest BCUT2D eigenvalue weighted by molar-refractivity contribution is 5.93. The Bertz CT molecular complexity index is 1180. The van der Waals surface area contributed by atoms with Gasteiger partial charge in [-0.05, 0) is 43.2 Å². The molecule has 0 aliphatic heterocycles. The van der Waals surface area contributed by atoms with Crippen LogP contribution in [-0.2, 0) is 11.3 Å². The van der Waals surface area contributed by atoms with Crippen molar-refractivity contribution in [2.24, 2.45) is 0 Å². The molecule has 1 aliphatic carbocycles. The highest BCUT2D eigenvalue weighted by Crippen LogP contribution is 2.29. The molecule has 1 aliphatic rings. The average molecular weight is 373 g/mol. The van der Waals surface area contributed by atoms with Gasteiger partial charge in [-0.3, -0.25) is 14.8 Å². The van der Waals surface area contributed by atoms with Gasteiger partial charge in [0, 0.05) is 24.7 Å². The van der Waals surface area contributed by atoms with Crippen molar-refractivity contribution in [2.45, 2.75) is 25.4 Å². The maximum atomic E-state index is 12.5. The minimum atomic E-state index is -0.190. The first-order chi connectivity index (χ1) is 13.7. The van der Waals surface area contributed by atoms with Gasteiger partial charge in [-0.25, -0.2) is 9.67 Å². The first-order valence-electron chi connectivity index (χ1n) is 9.23. The molecule has 1 fully saturated rings. The highest BCUT2D eigenvalue weighted by Gasteiger charge is 2.27. The summed E-state index contributed by atoms with van der Waals surface area (Å²) >= 11 is 0. The lowest BCUT2D eigenvalue weighted by Gasteiger charge is -2.17. The van der Waals surface area contributed by atoms with Crippen molar-refractivity contribution in [3.63, 3.8) is 0 Å². The van der Waals surface area contributed by atoms with Crippen LogP contribution in [0.3, 0.4) is 0 Å². The number of rotatable bonds is 5. The molecule has 1 N–H and O–H groups in total. The Morgan fingerprint density at radius 3 is 2.96 bits per heavy atom. The SMILES string of the molecule is CN(c1ccc2cnn(CC(=O)Nc3cnc4cccnc4c3)c2n1)C1CC1. The Kier molecular flexibility index (Phi) is 3.89. The maximum Gasteiger partial charge on any atom is 0.246 e. The van der Waals surface area contributed by atoms with Crippen LogP contribution in [0.25, 0.3) is 22.1 Å². The molecule has 140 valence electrons. The standard InChI is InChI=1S/C20H19N7O/c1-26(15-5-6-15)18-7-4-13-10-23-27(20(13)25-18)12-19(28)24-14-9-17-16(22-11-14)3-2-8-21-17/h2-4,7-11,15H,5-6,12H2,1H3,(H,24,28). The van der Waals surface area contributed by atoms with Crippen molar-refractivity contribution < 1.29 is 4.79 Å². The number of nitrogens with one attached hydrogen (secondary N) is 1. The molecule has 1 saturated carbocycles. The van der Waals surface area contributed by atoms with E-state index in [9.17, 15) is 4.79 Å². The summed E-state index contributed by atoms with van der Waals surface area (Å²) in [4.78, 5) is 28.0. The zero-order chi connectivity index (χ0) is 19.1. The minimum absolute atomic E-state index is 0.0767. The van der Waals surface area contributed by atoms with E-state index in [1.807, 2.05) is 30.3 Å². The van der Waals surface area contributed by atoms with Crippen molar-refractivity contribution in [3.8, 4) is 0 Å². The molecule has 0 aromatic carbocycles. The molecule has 1 amide bonds. The Hall–Kier alpha value is -3.55. The zero-order valence-electron chi connectivity index (χ0n) is 15.4. The van der Waals surface area contributed by atoms with Crippen LogP contribution in [0.1, 0.15) is 12.8 Å². The number of carbonyl (C=O) groups excluding carboxylic acids is 1. The Balaban J connectivity index is 1.36. The predicted octanol–water partition coefficient (Wildman–Crippen LogP) is 2.61. The van der Waals surface area contributed by atoms with Crippen molar-refractivity contribution in [3.05, 3.63) is 48.9 Å². The van der Waals surface area contributed by atoms with Gasteiger partial charge in [0.15, 0.2) is 5.65 Å². The van der Waals surface area contributed by atoms with E-state index in [2.05, 4.69) is 32.3 Å². The van der Waals surface area contributed by atoms with Crippen LogP contribution in [-0.4, -0.2) is 43.7 Å². The molecule has 5 rings (SSSR count). The molecule has 0 atom stereocenters. The Labute approximate surface area is 161 Å². The van der Waals surface area contributed by atoms with E-state index in [4.69, 9.17) is 4.98 Å². The third kappa shape index (κ3) is 3.13. The van der Waals surface area contributed by atoms with E-state index in [1.54, 1.807) is 23.3 Å². The van der Waals surface area contributed by atoms with Crippen LogP contribution in [0.15, 0.2) is 48.9 Å². The fourth-order valence-corrected chi connectivity index (χ4v) is 3.26. The number of hydrogen-bond donors (Lipinski definition) is 1. The van der Waals surface area contributed by atoms with E-state index in [0.29, 0.717) is 17.4 Å². The summed E-state index contributed by atoms with van der Waals surface area (Å²) in [5, 5.41) is 8.11. The molecule has 8 heteroatoms. The molecule has 0 unspecified atom stereocenters. The van der Waals surface area contributed by atoms with E-state index >= 15 is 0 Å². The number of anilines is 2. The topological polar surface area (TPSA) is 88.8 Å². The number of pyridine rings is 3. The van der Waals surface area contributed by atoms with Crippen molar-refractivity contribution in [2.75, 3.05) is 17.3 Å². The number of aromatic nitrogens is 5. The summed E-state index contributed by atoms with van der Waals surface area (Å²) in [5.41, 5.74) is 2.84. The van der Waals surface area contributed by atoms with Gasteiger partial charge in [0.25, 0.3) is 0 Å². The molecule has 0 radical (unpaired) electrons. The Morgan fingerprint density at radius 2 is 2.11 bits per heavy atom. The van der Waals surface area contributed by atoms with Gasteiger partial charge in [-0.15, -0.1) is 0 Å². The normalized spacial score (nSPS) is 13.8. The van der Waals surface area contributed by atoms with Crippen LogP contribution >= 0.6 is 0 Å². The largest absolute Gasteiger partial charge is 0.357 e. The lowest BCUT2D eigenvalue weighted by Crippen LogP contribution is -2.22. The first kappa shape index (κ1) is 16.6. The monoisotopic (exact) mass is 373 g/mol. The van der Waals surface area contributed by atoms with Crippen LogP contribution < -0.4 is 10.2 Å². The molecule has 4 aromatic heterocycles. The van der Waals surface area contributed by atoms with Gasteiger partial charge < -0.3 is 10.2 Å². The van der Waals surface area contributed by atoms with E-state index in [-0.39, 0.29) is 12.5 Å². The van der Waals surface area contributed by atoms with E-state index < -0.39 is 0 Å². The smallest absolute Gasteiger partial charge is 0.246 e. The van der Waals surface area contributed by atoms with Crippen molar-refractivity contribution in [1.29, 1.82) is 0 Å². The molecular weight excluding hydrogens is 354 g/mol. The summed E-state index contributed by atoms with van der Waals surface area (Å²) in [6.45, 7) is 0.0767. The summed E-state index contributed by atoms with van der Waals surface area (Å²) < 4.78 is 1.63. The second kappa shape index (κ2) is 6.56. The quantitative estimate of drug-likeness (QED) is 0.578. The minimum Gasteiger partial charge on any atom is -0.357 e. The van der Waals surface area contributed by atoms with Gasteiger partial charge in [0.1, 0.15) is 12.4 Å². The third-order valence-corrected chi connectivity index (χ3v) is 4.96. The molecule has 0 spiro atoms. The summed E-state index contributed by atoms with van der Waals surface area (Å²) in [5.74, 6) is 0.715. The van der Waals surface area contributed by atoms with E-state index in [0.717, 1.165) is 22.2 Å². The molecule has 28 heavy (non-hydrogen) atoms. The van der Waals surface area contributed by atoms with Gasteiger partial charge in [-0.1, -0.05) is 0 Å². The number of carbonyl (C=O) groups is 1. The first-order valence-corrected chi connectivity index (χ1v) is 9.23. The second-order valence-corrected chi connectivity index (χ2v) is 7.04. The lowest BCUT2D eigenvalue weighted by molar-refractivity contribution is -0.116. The number of amides is 1. The van der Waals surface area contributed by atoms with Crippen LogP contribution in [0, 0.1) is 0 Å². The maximum absolute atomic E-state index is 12.5. The lowest BCUT2D eigenvalue weighted by atomic mass is 10.3. The average Bonchev–Trinajstić information content (AvgIpc) is 3.49. The molecule has 4 aromatic rings. The molecule has 8 nitrogen and oxygen atoms in total. The van der Waals surface area contributed by atoms with Gasteiger partial charge >= 0.3 is 0 Å². The summed E-state index contributed by atoms with van der Waals surface area (Å²) in [7, 11) is 2.06. The highest BCUT2D eigenvalue weighted by atomic mass is 16.2. The molecule has 0 saturated heterocycles. The van der Waals surface area contributed by atoms with Crippen LogP contribution in [0.5, 0.6) is 0 Å². The van der Waals surface area contributed by atoms with Crippen molar-refractivity contribution in [1.82, 2.24) is 24.7 Å². The second-order valence-electron chi connectivity index (χ2n) is 7.04. The zero-order valence-corrected chi connectivity index (χ0v) is 15.4. The molecular formula is C20H19N7O. The molecule has 0 bridgehead atoms. The van der Waals surface area contributed by atoms with Gasteiger partial charge in [0.05, 0.1) is 29.1 Å². The van der Waals surface area contributed by atoms with E-state index in [1.165, 1.54) is 12.8 Å². The third-order valence-electron chi connectivity index (χ3n) is 4.96. The fourth-order valence-electron chi connectivity index (χ4n) is 3.26. The molecule has 4 heterocycles. The fraction of sp³-hybridized carbons (Fsp3) is 0.250. The number of hydrogen-bond acceptors (Lipinski definition) is 6. The number of fused-ring (bicyclic) bond motifs is 2. The van der Waals surface area contributed by atoms with Crippen molar-refractivity contribution >= 4 is 39.5 Å². The number of nitrogens with zero attached hydrogens (tertiary/aromatic N) is 6. The van der Waals surface area contributed by atoms with Crippen LogP contribution in [0.2, 0.25) is 0 Å². The van der Waals surface area contributed by atoms with Gasteiger partial charge in [0.2, 0.25) is 5.91 Å².